The highest BCUT2D eigenvalue weighted by molar-refractivity contribution is 5.95. The smallest absolute Gasteiger partial charge is 0.253 e. The average Bonchev–Trinajstić information content (AvgIpc) is 3.10. The van der Waals surface area contributed by atoms with Crippen molar-refractivity contribution in [2.24, 2.45) is 0 Å². The minimum atomic E-state index is 0.102. The molecule has 2 aromatic carbocycles. The molecule has 0 atom stereocenters. The first-order chi connectivity index (χ1) is 12.8. The zero-order chi connectivity index (χ0) is 17.8. The van der Waals surface area contributed by atoms with E-state index < -0.39 is 0 Å². The number of nitrogens with one attached hydrogen (secondary N) is 1. The quantitative estimate of drug-likeness (QED) is 0.790. The average molecular weight is 347 g/mol. The Morgan fingerprint density at radius 1 is 0.923 bits per heavy atom. The highest BCUT2D eigenvalue weighted by Crippen LogP contribution is 2.23. The highest BCUT2D eigenvalue weighted by atomic mass is 16.2. The van der Waals surface area contributed by atoms with Gasteiger partial charge in [0.15, 0.2) is 0 Å². The van der Waals surface area contributed by atoms with Gasteiger partial charge >= 0.3 is 0 Å². The van der Waals surface area contributed by atoms with Gasteiger partial charge in [0.05, 0.1) is 0 Å². The topological polar surface area (TPSA) is 63.1 Å². The summed E-state index contributed by atoms with van der Waals surface area (Å²) in [5.41, 5.74) is 3.81. The Kier molecular flexibility index (Phi) is 4.75. The molecule has 0 bridgehead atoms. The molecule has 0 aliphatic carbocycles. The molecule has 0 saturated carbocycles. The molecule has 1 aliphatic heterocycles. The van der Waals surface area contributed by atoms with Gasteiger partial charge in [0, 0.05) is 30.9 Å². The summed E-state index contributed by atoms with van der Waals surface area (Å²) in [7, 11) is 0. The van der Waals surface area contributed by atoms with Gasteiger partial charge in [-0.1, -0.05) is 24.3 Å². The van der Waals surface area contributed by atoms with Crippen LogP contribution in [0.2, 0.25) is 0 Å². The zero-order valence-electron chi connectivity index (χ0n) is 14.5. The molecule has 3 aromatic rings. The summed E-state index contributed by atoms with van der Waals surface area (Å²) in [4.78, 5) is 14.8. The van der Waals surface area contributed by atoms with Gasteiger partial charge in [-0.2, -0.15) is 0 Å². The van der Waals surface area contributed by atoms with E-state index in [2.05, 4.69) is 21.6 Å². The van der Waals surface area contributed by atoms with Crippen LogP contribution in [-0.4, -0.2) is 51.8 Å². The molecule has 2 heterocycles. The van der Waals surface area contributed by atoms with Crippen LogP contribution in [0.25, 0.3) is 16.8 Å². The maximum Gasteiger partial charge on any atom is 0.253 e. The molecule has 26 heavy (non-hydrogen) atoms. The van der Waals surface area contributed by atoms with Crippen LogP contribution < -0.4 is 5.32 Å². The van der Waals surface area contributed by atoms with Gasteiger partial charge in [-0.15, -0.1) is 10.2 Å². The number of amides is 1. The second-order valence-electron chi connectivity index (χ2n) is 6.40. The first-order valence-corrected chi connectivity index (χ1v) is 8.87. The van der Waals surface area contributed by atoms with Gasteiger partial charge in [0.25, 0.3) is 5.91 Å². The van der Waals surface area contributed by atoms with Crippen molar-refractivity contribution in [2.45, 2.75) is 6.42 Å². The van der Waals surface area contributed by atoms with Crippen LogP contribution >= 0.6 is 0 Å². The van der Waals surface area contributed by atoms with E-state index in [1.165, 1.54) is 0 Å². The van der Waals surface area contributed by atoms with Crippen molar-refractivity contribution < 1.29 is 4.79 Å². The summed E-state index contributed by atoms with van der Waals surface area (Å²) in [6.45, 7) is 3.39. The Morgan fingerprint density at radius 2 is 1.69 bits per heavy atom. The van der Waals surface area contributed by atoms with E-state index in [4.69, 9.17) is 0 Å². The number of rotatable bonds is 3. The summed E-state index contributed by atoms with van der Waals surface area (Å²) >= 11 is 0. The third kappa shape index (κ3) is 3.50. The van der Waals surface area contributed by atoms with E-state index in [1.807, 2.05) is 51.9 Å². The largest absolute Gasteiger partial charge is 0.337 e. The van der Waals surface area contributed by atoms with Crippen LogP contribution in [0.5, 0.6) is 0 Å². The van der Waals surface area contributed by atoms with E-state index in [-0.39, 0.29) is 5.91 Å². The van der Waals surface area contributed by atoms with Gasteiger partial charge in [-0.3, -0.25) is 9.36 Å². The third-order valence-corrected chi connectivity index (χ3v) is 4.63. The van der Waals surface area contributed by atoms with Crippen LogP contribution in [0.15, 0.2) is 61.2 Å². The van der Waals surface area contributed by atoms with Crippen molar-refractivity contribution in [3.05, 3.63) is 66.7 Å². The summed E-state index contributed by atoms with van der Waals surface area (Å²) in [6.07, 6.45) is 4.34. The van der Waals surface area contributed by atoms with Crippen LogP contribution in [0.3, 0.4) is 0 Å². The fourth-order valence-corrected chi connectivity index (χ4v) is 3.24. The number of aromatic nitrogens is 3. The van der Waals surface area contributed by atoms with Crippen molar-refractivity contribution in [3.63, 3.8) is 0 Å². The summed E-state index contributed by atoms with van der Waals surface area (Å²) in [6, 6.07) is 16.0. The molecule has 0 radical (unpaired) electrons. The molecule has 4 rings (SSSR count). The monoisotopic (exact) mass is 347 g/mol. The van der Waals surface area contributed by atoms with Crippen molar-refractivity contribution in [2.75, 3.05) is 26.2 Å². The maximum absolute atomic E-state index is 12.9. The molecular formula is C20H21N5O. The molecule has 1 aromatic heterocycles. The van der Waals surface area contributed by atoms with Crippen molar-refractivity contribution in [1.82, 2.24) is 25.0 Å². The first-order valence-electron chi connectivity index (χ1n) is 8.87. The van der Waals surface area contributed by atoms with Gasteiger partial charge in [-0.25, -0.2) is 0 Å². The van der Waals surface area contributed by atoms with Crippen molar-refractivity contribution >= 4 is 5.91 Å². The summed E-state index contributed by atoms with van der Waals surface area (Å²) in [5.74, 6) is 0.102. The molecule has 1 aliphatic rings. The minimum Gasteiger partial charge on any atom is -0.337 e. The van der Waals surface area contributed by atoms with Crippen LogP contribution in [0.1, 0.15) is 16.8 Å². The SMILES string of the molecule is O=C(c1cccc(-c2cccc(-n3cnnc3)c2)c1)N1CCCNCC1. The fourth-order valence-electron chi connectivity index (χ4n) is 3.24. The van der Waals surface area contributed by atoms with Crippen LogP contribution in [0, 0.1) is 0 Å². The first kappa shape index (κ1) is 16.5. The zero-order valence-corrected chi connectivity index (χ0v) is 14.5. The molecule has 6 heteroatoms. The molecule has 0 unspecified atom stereocenters. The number of nitrogens with zero attached hydrogens (tertiary/aromatic N) is 4. The lowest BCUT2D eigenvalue weighted by atomic mass is 10.0. The molecule has 1 amide bonds. The lowest BCUT2D eigenvalue weighted by molar-refractivity contribution is 0.0766. The van der Waals surface area contributed by atoms with Crippen LogP contribution in [-0.2, 0) is 0 Å². The number of hydrogen-bond acceptors (Lipinski definition) is 4. The molecular weight excluding hydrogens is 326 g/mol. The van der Waals surface area contributed by atoms with E-state index in [0.717, 1.165) is 55.0 Å². The second-order valence-corrected chi connectivity index (χ2v) is 6.40. The number of carbonyl (C=O) groups excluding carboxylic acids is 1. The number of carbonyl (C=O) groups is 1. The Hall–Kier alpha value is -2.99. The number of hydrogen-bond donors (Lipinski definition) is 1. The fraction of sp³-hybridized carbons (Fsp3) is 0.250. The van der Waals surface area contributed by atoms with Crippen molar-refractivity contribution in [1.29, 1.82) is 0 Å². The Morgan fingerprint density at radius 3 is 2.54 bits per heavy atom. The molecule has 1 saturated heterocycles. The third-order valence-electron chi connectivity index (χ3n) is 4.63. The highest BCUT2D eigenvalue weighted by Gasteiger charge is 2.17. The van der Waals surface area contributed by atoms with Gasteiger partial charge < -0.3 is 10.2 Å². The Bertz CT molecular complexity index is 883. The Labute approximate surface area is 152 Å². The summed E-state index contributed by atoms with van der Waals surface area (Å²) < 4.78 is 1.86. The molecule has 1 N–H and O–H groups in total. The lowest BCUT2D eigenvalue weighted by Crippen LogP contribution is -2.34. The van der Waals surface area contributed by atoms with Gasteiger partial charge in [-0.05, 0) is 48.4 Å². The normalized spacial score (nSPS) is 14.8. The molecule has 6 nitrogen and oxygen atoms in total. The minimum absolute atomic E-state index is 0.102. The van der Waals surface area contributed by atoms with E-state index in [9.17, 15) is 4.79 Å². The molecule has 0 spiro atoms. The van der Waals surface area contributed by atoms with E-state index >= 15 is 0 Å². The van der Waals surface area contributed by atoms with E-state index in [1.54, 1.807) is 12.7 Å². The maximum atomic E-state index is 12.9. The lowest BCUT2D eigenvalue weighted by Gasteiger charge is -2.20. The summed E-state index contributed by atoms with van der Waals surface area (Å²) in [5, 5.41) is 11.0. The Balaban J connectivity index is 1.61. The predicted octanol–water partition coefficient (Wildman–Crippen LogP) is 2.37. The van der Waals surface area contributed by atoms with Crippen LogP contribution in [0.4, 0.5) is 0 Å². The van der Waals surface area contributed by atoms with Gasteiger partial charge in [0.1, 0.15) is 12.7 Å². The van der Waals surface area contributed by atoms with E-state index in [0.29, 0.717) is 0 Å². The predicted molar refractivity (Wildman–Crippen MR) is 100 cm³/mol. The standard InChI is InChI=1S/C20H21N5O/c26-20(24-10-3-8-21-9-11-24)18-6-1-4-16(12-18)17-5-2-7-19(13-17)25-14-22-23-15-25/h1-2,4-7,12-15,21H,3,8-11H2. The molecule has 1 fully saturated rings. The van der Waals surface area contributed by atoms with Gasteiger partial charge in [0.2, 0.25) is 0 Å². The second kappa shape index (κ2) is 7.49. The van der Waals surface area contributed by atoms with Crippen molar-refractivity contribution in [3.8, 4) is 16.8 Å². The molecule has 132 valence electrons. The number of benzene rings is 2.